The molecule has 0 saturated heterocycles. The predicted molar refractivity (Wildman–Crippen MR) is 137 cm³/mol. The van der Waals surface area contributed by atoms with E-state index in [4.69, 9.17) is 24.1 Å². The first-order chi connectivity index (χ1) is 17.8. The van der Waals surface area contributed by atoms with E-state index >= 15 is 0 Å². The minimum Gasteiger partial charge on any atom is -0.493 e. The van der Waals surface area contributed by atoms with E-state index in [-0.39, 0.29) is 12.0 Å². The molecule has 0 spiro atoms. The van der Waals surface area contributed by atoms with Crippen molar-refractivity contribution in [1.82, 2.24) is 4.98 Å². The maximum atomic E-state index is 11.1. The zero-order valence-electron chi connectivity index (χ0n) is 20.5. The maximum absolute atomic E-state index is 11.1. The SMILES string of the molecule is Cc1oc(-c2cccc(-c3ccc(C(=O)O)cc3)c2)nc1CCOc1cccc(OC(C)CC(=O)O)c1. The molecule has 0 fully saturated rings. The minimum atomic E-state index is -0.960. The number of oxazole rings is 1. The molecule has 1 heterocycles. The lowest BCUT2D eigenvalue weighted by Gasteiger charge is -2.13. The Morgan fingerprint density at radius 2 is 1.62 bits per heavy atom. The van der Waals surface area contributed by atoms with E-state index in [0.717, 1.165) is 22.4 Å². The van der Waals surface area contributed by atoms with E-state index in [0.29, 0.717) is 36.2 Å². The molecule has 3 aromatic carbocycles. The second-order valence-corrected chi connectivity index (χ2v) is 8.58. The molecule has 0 aliphatic heterocycles. The van der Waals surface area contributed by atoms with E-state index in [9.17, 15) is 9.59 Å². The highest BCUT2D eigenvalue weighted by molar-refractivity contribution is 5.88. The molecule has 1 aromatic heterocycles. The molecule has 0 aliphatic carbocycles. The normalized spacial score (nSPS) is 11.6. The van der Waals surface area contributed by atoms with Gasteiger partial charge in [-0.15, -0.1) is 0 Å². The number of aryl methyl sites for hydroxylation is 1. The third-order valence-corrected chi connectivity index (χ3v) is 5.68. The van der Waals surface area contributed by atoms with Gasteiger partial charge in [-0.1, -0.05) is 30.3 Å². The molecule has 0 saturated carbocycles. The lowest BCUT2D eigenvalue weighted by atomic mass is 10.0. The van der Waals surface area contributed by atoms with E-state index in [1.165, 1.54) is 0 Å². The fourth-order valence-electron chi connectivity index (χ4n) is 3.84. The van der Waals surface area contributed by atoms with Crippen LogP contribution in [0.4, 0.5) is 0 Å². The van der Waals surface area contributed by atoms with Crippen LogP contribution in [0.2, 0.25) is 0 Å². The van der Waals surface area contributed by atoms with E-state index in [1.54, 1.807) is 49.4 Å². The Morgan fingerprint density at radius 3 is 2.35 bits per heavy atom. The standard InChI is InChI=1S/C29H27NO7/c1-18(15-27(31)32)36-25-8-4-7-24(17-25)35-14-13-26-19(2)37-28(30-26)23-6-3-5-22(16-23)20-9-11-21(12-10-20)29(33)34/h3-12,16-18H,13-15H2,1-2H3,(H,31,32)(H,33,34). The second-order valence-electron chi connectivity index (χ2n) is 8.58. The summed E-state index contributed by atoms with van der Waals surface area (Å²) in [5, 5.41) is 18.0. The molecule has 37 heavy (non-hydrogen) atoms. The average Bonchev–Trinajstić information content (AvgIpc) is 3.24. The summed E-state index contributed by atoms with van der Waals surface area (Å²) in [5.41, 5.74) is 3.66. The molecular formula is C29H27NO7. The monoisotopic (exact) mass is 501 g/mol. The highest BCUT2D eigenvalue weighted by atomic mass is 16.5. The molecule has 4 rings (SSSR count). The van der Waals surface area contributed by atoms with Crippen molar-refractivity contribution in [2.24, 2.45) is 0 Å². The summed E-state index contributed by atoms with van der Waals surface area (Å²) in [7, 11) is 0. The number of carbonyl (C=O) groups is 2. The van der Waals surface area contributed by atoms with Crippen LogP contribution in [0.15, 0.2) is 77.2 Å². The van der Waals surface area contributed by atoms with Gasteiger partial charge in [0.25, 0.3) is 0 Å². The maximum Gasteiger partial charge on any atom is 0.335 e. The fourth-order valence-corrected chi connectivity index (χ4v) is 3.84. The number of rotatable bonds is 11. The van der Waals surface area contributed by atoms with Crippen molar-refractivity contribution in [1.29, 1.82) is 0 Å². The minimum absolute atomic E-state index is 0.0846. The zero-order valence-corrected chi connectivity index (χ0v) is 20.5. The van der Waals surface area contributed by atoms with Crippen LogP contribution in [0.25, 0.3) is 22.6 Å². The summed E-state index contributed by atoms with van der Waals surface area (Å²) in [5.74, 6) is 0.488. The van der Waals surface area contributed by atoms with Gasteiger partial charge in [-0.3, -0.25) is 4.79 Å². The van der Waals surface area contributed by atoms with Crippen LogP contribution in [0.1, 0.15) is 35.2 Å². The Kier molecular flexibility index (Phi) is 7.88. The van der Waals surface area contributed by atoms with Crippen molar-refractivity contribution in [2.75, 3.05) is 6.61 Å². The van der Waals surface area contributed by atoms with Gasteiger partial charge < -0.3 is 24.1 Å². The quantitative estimate of drug-likeness (QED) is 0.262. The van der Waals surface area contributed by atoms with Crippen molar-refractivity contribution in [3.05, 3.63) is 89.8 Å². The zero-order chi connectivity index (χ0) is 26.4. The van der Waals surface area contributed by atoms with Gasteiger partial charge in [0.05, 0.1) is 24.3 Å². The van der Waals surface area contributed by atoms with Gasteiger partial charge >= 0.3 is 11.9 Å². The van der Waals surface area contributed by atoms with Crippen LogP contribution < -0.4 is 9.47 Å². The first-order valence-corrected chi connectivity index (χ1v) is 11.8. The molecule has 0 amide bonds. The summed E-state index contributed by atoms with van der Waals surface area (Å²) in [4.78, 5) is 26.6. The summed E-state index contributed by atoms with van der Waals surface area (Å²) >= 11 is 0. The lowest BCUT2D eigenvalue weighted by molar-refractivity contribution is -0.138. The number of ether oxygens (including phenoxy) is 2. The van der Waals surface area contributed by atoms with Crippen LogP contribution in [0, 0.1) is 6.92 Å². The first kappa shape index (κ1) is 25.5. The predicted octanol–water partition coefficient (Wildman–Crippen LogP) is 5.88. The molecule has 190 valence electrons. The third kappa shape index (κ3) is 6.76. The fraction of sp³-hybridized carbons (Fsp3) is 0.207. The van der Waals surface area contributed by atoms with Crippen LogP contribution in [0.3, 0.4) is 0 Å². The summed E-state index contributed by atoms with van der Waals surface area (Å²) < 4.78 is 17.4. The topological polar surface area (TPSA) is 119 Å². The van der Waals surface area contributed by atoms with Crippen molar-refractivity contribution < 1.29 is 33.7 Å². The van der Waals surface area contributed by atoms with Crippen molar-refractivity contribution in [3.8, 4) is 34.1 Å². The molecule has 2 N–H and O–H groups in total. The van der Waals surface area contributed by atoms with Gasteiger partial charge in [-0.05, 0) is 61.4 Å². The number of benzene rings is 3. The lowest BCUT2D eigenvalue weighted by Crippen LogP contribution is -2.16. The van der Waals surface area contributed by atoms with Gasteiger partial charge in [-0.25, -0.2) is 9.78 Å². The Balaban J connectivity index is 1.39. The number of aromatic carboxylic acids is 1. The number of carboxylic acids is 2. The number of hydrogen-bond acceptors (Lipinski definition) is 6. The van der Waals surface area contributed by atoms with Gasteiger partial charge in [0.1, 0.15) is 23.4 Å². The van der Waals surface area contributed by atoms with Crippen LogP contribution >= 0.6 is 0 Å². The van der Waals surface area contributed by atoms with E-state index in [1.807, 2.05) is 37.3 Å². The van der Waals surface area contributed by atoms with E-state index in [2.05, 4.69) is 4.98 Å². The van der Waals surface area contributed by atoms with Crippen LogP contribution in [-0.4, -0.2) is 39.8 Å². The van der Waals surface area contributed by atoms with Gasteiger partial charge in [0.15, 0.2) is 0 Å². The number of aliphatic carboxylic acids is 1. The molecule has 8 heteroatoms. The largest absolute Gasteiger partial charge is 0.493 e. The van der Waals surface area contributed by atoms with Crippen molar-refractivity contribution in [2.45, 2.75) is 32.8 Å². The van der Waals surface area contributed by atoms with Crippen LogP contribution in [-0.2, 0) is 11.2 Å². The molecule has 0 bridgehead atoms. The van der Waals surface area contributed by atoms with Crippen LogP contribution in [0.5, 0.6) is 11.5 Å². The van der Waals surface area contributed by atoms with E-state index < -0.39 is 18.0 Å². The Bertz CT molecular complexity index is 1390. The number of aromatic nitrogens is 1. The Labute approximate surface area is 214 Å². The number of carboxylic acid groups (broad SMARTS) is 2. The molecule has 0 radical (unpaired) electrons. The average molecular weight is 502 g/mol. The highest BCUT2D eigenvalue weighted by Crippen LogP contribution is 2.28. The first-order valence-electron chi connectivity index (χ1n) is 11.8. The highest BCUT2D eigenvalue weighted by Gasteiger charge is 2.14. The van der Waals surface area contributed by atoms with Gasteiger partial charge in [-0.2, -0.15) is 0 Å². The van der Waals surface area contributed by atoms with Gasteiger partial charge in [0, 0.05) is 18.1 Å². The number of nitrogens with zero attached hydrogens (tertiary/aromatic N) is 1. The Morgan fingerprint density at radius 1 is 0.919 bits per heavy atom. The molecule has 1 atom stereocenters. The third-order valence-electron chi connectivity index (χ3n) is 5.68. The van der Waals surface area contributed by atoms with Gasteiger partial charge in [0.2, 0.25) is 5.89 Å². The molecular weight excluding hydrogens is 474 g/mol. The Hall–Kier alpha value is -4.59. The molecule has 8 nitrogen and oxygen atoms in total. The summed E-state index contributed by atoms with van der Waals surface area (Å²) in [6.07, 6.45) is -0.00292. The van der Waals surface area contributed by atoms with Crippen molar-refractivity contribution in [3.63, 3.8) is 0 Å². The summed E-state index contributed by atoms with van der Waals surface area (Å²) in [6, 6.07) is 21.5. The van der Waals surface area contributed by atoms with Crippen molar-refractivity contribution >= 4 is 11.9 Å². The molecule has 1 unspecified atom stereocenters. The number of hydrogen-bond donors (Lipinski definition) is 2. The summed E-state index contributed by atoms with van der Waals surface area (Å²) in [6.45, 7) is 3.94. The second kappa shape index (κ2) is 11.4. The smallest absolute Gasteiger partial charge is 0.335 e. The molecule has 0 aliphatic rings. The molecule has 4 aromatic rings.